The van der Waals surface area contributed by atoms with Gasteiger partial charge in [-0.1, -0.05) is 24.2 Å². The summed E-state index contributed by atoms with van der Waals surface area (Å²) in [5.41, 5.74) is 5.40. The molecule has 0 aromatic carbocycles. The van der Waals surface area contributed by atoms with Gasteiger partial charge >= 0.3 is 0 Å². The van der Waals surface area contributed by atoms with Gasteiger partial charge in [-0.15, -0.1) is 10.2 Å². The van der Waals surface area contributed by atoms with Crippen molar-refractivity contribution in [2.24, 2.45) is 5.73 Å². The van der Waals surface area contributed by atoms with Crippen LogP contribution in [0.15, 0.2) is 0 Å². The average Bonchev–Trinajstić information content (AvgIpc) is 2.58. The van der Waals surface area contributed by atoms with Crippen LogP contribution in [-0.4, -0.2) is 23.3 Å². The Balaban J connectivity index is 1.99. The van der Waals surface area contributed by atoms with Crippen LogP contribution in [0.3, 0.4) is 0 Å². The number of aromatic nitrogens is 2. The van der Waals surface area contributed by atoms with Crippen molar-refractivity contribution in [3.8, 4) is 0 Å². The molecule has 0 unspecified atom stereocenters. The minimum atomic E-state index is 0.809. The van der Waals surface area contributed by atoms with Crippen LogP contribution in [0.2, 0.25) is 0 Å². The van der Waals surface area contributed by atoms with Gasteiger partial charge < -0.3 is 11.1 Å². The molecule has 0 aliphatic carbocycles. The molecule has 0 aliphatic rings. The van der Waals surface area contributed by atoms with Crippen LogP contribution in [0, 0.1) is 6.92 Å². The smallest absolute Gasteiger partial charge is 0.205 e. The van der Waals surface area contributed by atoms with Gasteiger partial charge in [0, 0.05) is 6.54 Å². The second kappa shape index (κ2) is 6.73. The SMILES string of the molecule is Cc1nnc(NCCCCCCN)s1. The Morgan fingerprint density at radius 2 is 2.00 bits per heavy atom. The molecule has 0 saturated carbocycles. The van der Waals surface area contributed by atoms with Crippen molar-refractivity contribution in [2.75, 3.05) is 18.4 Å². The van der Waals surface area contributed by atoms with Crippen LogP contribution in [0.1, 0.15) is 30.7 Å². The fraction of sp³-hybridized carbons (Fsp3) is 0.778. The molecule has 0 fully saturated rings. The van der Waals surface area contributed by atoms with E-state index in [1.165, 1.54) is 19.3 Å². The van der Waals surface area contributed by atoms with Crippen molar-refractivity contribution in [3.05, 3.63) is 5.01 Å². The van der Waals surface area contributed by atoms with Gasteiger partial charge in [0.1, 0.15) is 5.01 Å². The maximum atomic E-state index is 5.40. The minimum Gasteiger partial charge on any atom is -0.360 e. The minimum absolute atomic E-state index is 0.809. The van der Waals surface area contributed by atoms with Crippen molar-refractivity contribution in [2.45, 2.75) is 32.6 Å². The topological polar surface area (TPSA) is 63.8 Å². The summed E-state index contributed by atoms with van der Waals surface area (Å²) in [5.74, 6) is 0. The molecule has 0 radical (unpaired) electrons. The molecule has 0 atom stereocenters. The largest absolute Gasteiger partial charge is 0.360 e. The summed E-state index contributed by atoms with van der Waals surface area (Å²) < 4.78 is 0. The highest BCUT2D eigenvalue weighted by atomic mass is 32.1. The van der Waals surface area contributed by atoms with Gasteiger partial charge in [-0.25, -0.2) is 0 Å². The third-order valence-corrected chi connectivity index (χ3v) is 2.73. The first-order valence-corrected chi connectivity index (χ1v) is 5.88. The number of unbranched alkanes of at least 4 members (excludes halogenated alkanes) is 3. The predicted octanol–water partition coefficient (Wildman–Crippen LogP) is 1.78. The van der Waals surface area contributed by atoms with Crippen molar-refractivity contribution in [1.29, 1.82) is 0 Å². The van der Waals surface area contributed by atoms with E-state index in [4.69, 9.17) is 5.73 Å². The summed E-state index contributed by atoms with van der Waals surface area (Å²) in [4.78, 5) is 0. The molecule has 0 bridgehead atoms. The summed E-state index contributed by atoms with van der Waals surface area (Å²) in [7, 11) is 0. The molecular formula is C9H18N4S. The van der Waals surface area contributed by atoms with E-state index in [0.717, 1.165) is 29.6 Å². The average molecular weight is 214 g/mol. The van der Waals surface area contributed by atoms with Gasteiger partial charge in [-0.05, 0) is 26.3 Å². The van der Waals surface area contributed by atoms with Gasteiger partial charge in [-0.2, -0.15) is 0 Å². The van der Waals surface area contributed by atoms with Gasteiger partial charge in [0.05, 0.1) is 0 Å². The number of hydrogen-bond acceptors (Lipinski definition) is 5. The summed E-state index contributed by atoms with van der Waals surface area (Å²) >= 11 is 1.60. The Morgan fingerprint density at radius 3 is 2.64 bits per heavy atom. The van der Waals surface area contributed by atoms with Crippen molar-refractivity contribution in [1.82, 2.24) is 10.2 Å². The number of nitrogens with zero attached hydrogens (tertiary/aromatic N) is 2. The fourth-order valence-electron chi connectivity index (χ4n) is 1.19. The Kier molecular flexibility index (Phi) is 5.47. The quantitative estimate of drug-likeness (QED) is 0.679. The zero-order valence-corrected chi connectivity index (χ0v) is 9.44. The van der Waals surface area contributed by atoms with E-state index in [2.05, 4.69) is 15.5 Å². The van der Waals surface area contributed by atoms with Crippen molar-refractivity contribution < 1.29 is 0 Å². The van der Waals surface area contributed by atoms with E-state index < -0.39 is 0 Å². The monoisotopic (exact) mass is 214 g/mol. The van der Waals surface area contributed by atoms with Crippen molar-refractivity contribution in [3.63, 3.8) is 0 Å². The molecule has 0 spiro atoms. The van der Waals surface area contributed by atoms with Gasteiger partial charge in [0.25, 0.3) is 0 Å². The van der Waals surface area contributed by atoms with Crippen LogP contribution < -0.4 is 11.1 Å². The molecule has 1 aromatic rings. The first-order chi connectivity index (χ1) is 6.83. The lowest BCUT2D eigenvalue weighted by Gasteiger charge is -2.01. The Hall–Kier alpha value is -0.680. The summed E-state index contributed by atoms with van der Waals surface area (Å²) in [6.07, 6.45) is 4.78. The van der Waals surface area contributed by atoms with E-state index in [1.807, 2.05) is 6.92 Å². The molecule has 0 saturated heterocycles. The third-order valence-electron chi connectivity index (χ3n) is 1.93. The van der Waals surface area contributed by atoms with E-state index >= 15 is 0 Å². The summed E-state index contributed by atoms with van der Waals surface area (Å²) in [6.45, 7) is 3.76. The molecule has 3 N–H and O–H groups in total. The lowest BCUT2D eigenvalue weighted by molar-refractivity contribution is 0.661. The molecule has 0 amide bonds. The zero-order chi connectivity index (χ0) is 10.2. The highest BCUT2D eigenvalue weighted by Crippen LogP contribution is 2.13. The molecule has 1 aromatic heterocycles. The molecular weight excluding hydrogens is 196 g/mol. The van der Waals surface area contributed by atoms with Crippen LogP contribution in [0.5, 0.6) is 0 Å². The number of anilines is 1. The van der Waals surface area contributed by atoms with Crippen LogP contribution in [0.4, 0.5) is 5.13 Å². The number of aryl methyl sites for hydroxylation is 1. The number of nitrogens with one attached hydrogen (secondary N) is 1. The van der Waals surface area contributed by atoms with Gasteiger partial charge in [-0.3, -0.25) is 0 Å². The molecule has 1 heterocycles. The van der Waals surface area contributed by atoms with Crippen LogP contribution in [-0.2, 0) is 0 Å². The zero-order valence-electron chi connectivity index (χ0n) is 8.62. The first kappa shape index (κ1) is 11.4. The standard InChI is InChI=1S/C9H18N4S/c1-8-12-13-9(14-8)11-7-5-3-2-4-6-10/h2-7,10H2,1H3,(H,11,13). The highest BCUT2D eigenvalue weighted by Gasteiger charge is 1.97. The Bertz CT molecular complexity index is 249. The molecule has 14 heavy (non-hydrogen) atoms. The van der Waals surface area contributed by atoms with Gasteiger partial charge in [0.2, 0.25) is 5.13 Å². The third kappa shape index (κ3) is 4.53. The highest BCUT2D eigenvalue weighted by molar-refractivity contribution is 7.15. The van der Waals surface area contributed by atoms with E-state index in [0.29, 0.717) is 0 Å². The second-order valence-electron chi connectivity index (χ2n) is 3.26. The molecule has 4 nitrogen and oxygen atoms in total. The normalized spacial score (nSPS) is 10.4. The van der Waals surface area contributed by atoms with Crippen molar-refractivity contribution >= 4 is 16.5 Å². The molecule has 1 rings (SSSR count). The molecule has 80 valence electrons. The maximum Gasteiger partial charge on any atom is 0.205 e. The maximum absolute atomic E-state index is 5.40. The molecule has 0 aliphatic heterocycles. The second-order valence-corrected chi connectivity index (χ2v) is 4.44. The first-order valence-electron chi connectivity index (χ1n) is 5.07. The Labute approximate surface area is 88.9 Å². The van der Waals surface area contributed by atoms with Gasteiger partial charge in [0.15, 0.2) is 0 Å². The number of rotatable bonds is 7. The van der Waals surface area contributed by atoms with E-state index in [1.54, 1.807) is 11.3 Å². The number of nitrogens with two attached hydrogens (primary N) is 1. The predicted molar refractivity (Wildman–Crippen MR) is 60.7 cm³/mol. The summed E-state index contributed by atoms with van der Waals surface area (Å²) in [5, 5.41) is 13.1. The van der Waals surface area contributed by atoms with Crippen LogP contribution in [0.25, 0.3) is 0 Å². The lowest BCUT2D eigenvalue weighted by atomic mass is 10.2. The number of hydrogen-bond donors (Lipinski definition) is 2. The fourth-order valence-corrected chi connectivity index (χ4v) is 1.80. The summed E-state index contributed by atoms with van der Waals surface area (Å²) in [6, 6.07) is 0. The lowest BCUT2D eigenvalue weighted by Crippen LogP contribution is -2.02. The van der Waals surface area contributed by atoms with E-state index in [9.17, 15) is 0 Å². The molecule has 5 heteroatoms. The van der Waals surface area contributed by atoms with Crippen LogP contribution >= 0.6 is 11.3 Å². The van der Waals surface area contributed by atoms with E-state index in [-0.39, 0.29) is 0 Å². The Morgan fingerprint density at radius 1 is 1.21 bits per heavy atom.